The van der Waals surface area contributed by atoms with Crippen molar-refractivity contribution in [2.24, 2.45) is 4.99 Å². The minimum atomic E-state index is 0. The van der Waals surface area contributed by atoms with E-state index in [-0.39, 0.29) is 29.9 Å². The van der Waals surface area contributed by atoms with Crippen LogP contribution in [0.2, 0.25) is 0 Å². The number of nitrogens with zero attached hydrogens (tertiary/aromatic N) is 3. The van der Waals surface area contributed by atoms with Gasteiger partial charge in [0.1, 0.15) is 0 Å². The number of nitrogens with one attached hydrogen (secondary N) is 2. The molecule has 0 unspecified atom stereocenters. The Kier molecular flexibility index (Phi) is 14.4. The molecule has 1 rings (SSSR count). The molecule has 7 heteroatoms. The Morgan fingerprint density at radius 3 is 2.33 bits per heavy atom. The van der Waals surface area contributed by atoms with Gasteiger partial charge in [0.05, 0.1) is 6.54 Å². The number of rotatable bonds is 9. The number of amides is 1. The van der Waals surface area contributed by atoms with E-state index >= 15 is 0 Å². The standard InChI is InChI=1S/C17H35N5O.HI/c1-4-18-17(19-11-10-16(23)22(5-2)6-3)20-12-15-21-13-8-7-9-14-21;/h4-15H2,1-3H3,(H2,18,19,20);1H. The Morgan fingerprint density at radius 1 is 1.08 bits per heavy atom. The minimum Gasteiger partial charge on any atom is -0.357 e. The summed E-state index contributed by atoms with van der Waals surface area (Å²) < 4.78 is 0. The number of carbonyl (C=O) groups is 1. The number of hydrogen-bond acceptors (Lipinski definition) is 3. The molecule has 1 amide bonds. The molecule has 0 atom stereocenters. The summed E-state index contributed by atoms with van der Waals surface area (Å²) in [6.45, 7) is 13.3. The number of guanidine groups is 1. The predicted octanol–water partition coefficient (Wildman–Crippen LogP) is 1.90. The largest absolute Gasteiger partial charge is 0.357 e. The summed E-state index contributed by atoms with van der Waals surface area (Å²) in [4.78, 5) is 21.0. The van der Waals surface area contributed by atoms with Crippen LogP contribution in [0.25, 0.3) is 0 Å². The van der Waals surface area contributed by atoms with Crippen LogP contribution in [0.5, 0.6) is 0 Å². The predicted molar refractivity (Wildman–Crippen MR) is 112 cm³/mol. The Morgan fingerprint density at radius 2 is 1.75 bits per heavy atom. The SMILES string of the molecule is CCNC(=NCCN1CCCCC1)NCCC(=O)N(CC)CC.I. The van der Waals surface area contributed by atoms with Crippen molar-refractivity contribution in [2.45, 2.75) is 46.5 Å². The summed E-state index contributed by atoms with van der Waals surface area (Å²) in [5, 5.41) is 6.51. The van der Waals surface area contributed by atoms with Crippen LogP contribution < -0.4 is 10.6 Å². The second-order valence-corrected chi connectivity index (χ2v) is 5.91. The van der Waals surface area contributed by atoms with Gasteiger partial charge in [0.2, 0.25) is 5.91 Å². The highest BCUT2D eigenvalue weighted by Crippen LogP contribution is 2.07. The molecule has 0 saturated carbocycles. The van der Waals surface area contributed by atoms with Crippen molar-refractivity contribution in [3.05, 3.63) is 0 Å². The summed E-state index contributed by atoms with van der Waals surface area (Å²) >= 11 is 0. The summed E-state index contributed by atoms with van der Waals surface area (Å²) in [6, 6.07) is 0. The zero-order valence-corrected chi connectivity index (χ0v) is 18.0. The molecular formula is C17H36IN5O. The van der Waals surface area contributed by atoms with Crippen LogP contribution in [0.4, 0.5) is 0 Å². The van der Waals surface area contributed by atoms with E-state index in [9.17, 15) is 4.79 Å². The fourth-order valence-corrected chi connectivity index (χ4v) is 2.85. The molecule has 142 valence electrons. The number of piperidine rings is 1. The van der Waals surface area contributed by atoms with E-state index in [1.165, 1.54) is 32.4 Å². The lowest BCUT2D eigenvalue weighted by Crippen LogP contribution is -2.40. The molecular weight excluding hydrogens is 417 g/mol. The second kappa shape index (κ2) is 14.7. The average molecular weight is 453 g/mol. The van der Waals surface area contributed by atoms with Crippen LogP contribution in [0, 0.1) is 0 Å². The lowest BCUT2D eigenvalue weighted by molar-refractivity contribution is -0.130. The number of carbonyl (C=O) groups excluding carboxylic acids is 1. The molecule has 0 aromatic rings. The summed E-state index contributed by atoms with van der Waals surface area (Å²) in [6.07, 6.45) is 4.51. The van der Waals surface area contributed by atoms with E-state index in [0.717, 1.165) is 38.7 Å². The van der Waals surface area contributed by atoms with Crippen molar-refractivity contribution in [2.75, 3.05) is 52.4 Å². The minimum absolute atomic E-state index is 0. The number of hydrogen-bond donors (Lipinski definition) is 2. The zero-order valence-electron chi connectivity index (χ0n) is 15.6. The Balaban J connectivity index is 0.00000529. The van der Waals surface area contributed by atoms with Gasteiger partial charge in [-0.1, -0.05) is 6.42 Å². The van der Waals surface area contributed by atoms with Gasteiger partial charge in [0, 0.05) is 39.1 Å². The Hall–Kier alpha value is -0.570. The summed E-state index contributed by atoms with van der Waals surface area (Å²) in [7, 11) is 0. The lowest BCUT2D eigenvalue weighted by atomic mass is 10.1. The molecule has 6 nitrogen and oxygen atoms in total. The first-order chi connectivity index (χ1) is 11.2. The van der Waals surface area contributed by atoms with Gasteiger partial charge in [-0.25, -0.2) is 0 Å². The molecule has 1 aliphatic heterocycles. The molecule has 24 heavy (non-hydrogen) atoms. The van der Waals surface area contributed by atoms with Gasteiger partial charge in [-0.3, -0.25) is 9.79 Å². The molecule has 2 N–H and O–H groups in total. The number of halogens is 1. The van der Waals surface area contributed by atoms with Gasteiger partial charge in [0.25, 0.3) is 0 Å². The van der Waals surface area contributed by atoms with Crippen molar-refractivity contribution in [3.63, 3.8) is 0 Å². The van der Waals surface area contributed by atoms with E-state index < -0.39 is 0 Å². The molecule has 0 radical (unpaired) electrons. The van der Waals surface area contributed by atoms with Crippen molar-refractivity contribution in [1.82, 2.24) is 20.4 Å². The van der Waals surface area contributed by atoms with Crippen LogP contribution >= 0.6 is 24.0 Å². The molecule has 0 spiro atoms. The van der Waals surface area contributed by atoms with E-state index in [2.05, 4.69) is 27.4 Å². The van der Waals surface area contributed by atoms with Crippen molar-refractivity contribution in [1.29, 1.82) is 0 Å². The van der Waals surface area contributed by atoms with Gasteiger partial charge < -0.3 is 20.4 Å². The first kappa shape index (κ1) is 23.4. The maximum absolute atomic E-state index is 12.0. The maximum Gasteiger partial charge on any atom is 0.224 e. The first-order valence-corrected chi connectivity index (χ1v) is 9.23. The molecule has 0 aromatic heterocycles. The van der Waals surface area contributed by atoms with Crippen molar-refractivity contribution in [3.8, 4) is 0 Å². The molecule has 1 heterocycles. The molecule has 1 fully saturated rings. The third-order valence-corrected chi connectivity index (χ3v) is 4.23. The third kappa shape index (κ3) is 9.66. The number of aliphatic imine (C=N–C) groups is 1. The summed E-state index contributed by atoms with van der Waals surface area (Å²) in [5.74, 6) is 1.02. The third-order valence-electron chi connectivity index (χ3n) is 4.23. The molecule has 1 saturated heterocycles. The fourth-order valence-electron chi connectivity index (χ4n) is 2.85. The van der Waals surface area contributed by atoms with Crippen LogP contribution in [-0.4, -0.2) is 74.0 Å². The monoisotopic (exact) mass is 453 g/mol. The zero-order chi connectivity index (χ0) is 16.9. The molecule has 0 aliphatic carbocycles. The van der Waals surface area contributed by atoms with E-state index in [4.69, 9.17) is 0 Å². The van der Waals surface area contributed by atoms with Crippen LogP contribution in [0.1, 0.15) is 46.5 Å². The number of likely N-dealkylation sites (tertiary alicyclic amines) is 1. The van der Waals surface area contributed by atoms with E-state index in [1.54, 1.807) is 0 Å². The van der Waals surface area contributed by atoms with Gasteiger partial charge in [-0.15, -0.1) is 24.0 Å². The second-order valence-electron chi connectivity index (χ2n) is 5.91. The Bertz CT molecular complexity index is 355. The maximum atomic E-state index is 12.0. The van der Waals surface area contributed by atoms with E-state index in [0.29, 0.717) is 13.0 Å². The van der Waals surface area contributed by atoms with Gasteiger partial charge in [-0.05, 0) is 46.7 Å². The average Bonchev–Trinajstić information content (AvgIpc) is 2.57. The van der Waals surface area contributed by atoms with Crippen LogP contribution in [0.15, 0.2) is 4.99 Å². The summed E-state index contributed by atoms with van der Waals surface area (Å²) in [5.41, 5.74) is 0. The van der Waals surface area contributed by atoms with Crippen LogP contribution in [-0.2, 0) is 4.79 Å². The Labute approximate surface area is 164 Å². The smallest absolute Gasteiger partial charge is 0.224 e. The first-order valence-electron chi connectivity index (χ1n) is 9.23. The molecule has 0 bridgehead atoms. The topological polar surface area (TPSA) is 60.0 Å². The van der Waals surface area contributed by atoms with Crippen molar-refractivity contribution < 1.29 is 4.79 Å². The molecule has 1 aliphatic rings. The highest BCUT2D eigenvalue weighted by atomic mass is 127. The van der Waals surface area contributed by atoms with Gasteiger partial charge >= 0.3 is 0 Å². The van der Waals surface area contributed by atoms with Crippen LogP contribution in [0.3, 0.4) is 0 Å². The highest BCUT2D eigenvalue weighted by molar-refractivity contribution is 14.0. The quantitative estimate of drug-likeness (QED) is 0.318. The molecule has 0 aromatic carbocycles. The highest BCUT2D eigenvalue weighted by Gasteiger charge is 2.10. The van der Waals surface area contributed by atoms with E-state index in [1.807, 2.05) is 18.7 Å². The fraction of sp³-hybridized carbons (Fsp3) is 0.882. The van der Waals surface area contributed by atoms with Gasteiger partial charge in [-0.2, -0.15) is 0 Å². The normalized spacial score (nSPS) is 15.5. The van der Waals surface area contributed by atoms with Gasteiger partial charge in [0.15, 0.2) is 5.96 Å². The van der Waals surface area contributed by atoms with Crippen molar-refractivity contribution >= 4 is 35.8 Å². The lowest BCUT2D eigenvalue weighted by Gasteiger charge is -2.25.